The van der Waals surface area contributed by atoms with Crippen molar-refractivity contribution in [3.63, 3.8) is 0 Å². The molecule has 2 rings (SSSR count). The van der Waals surface area contributed by atoms with Crippen molar-refractivity contribution in [1.82, 2.24) is 0 Å². The highest BCUT2D eigenvalue weighted by Gasteiger charge is 2.42. The number of halogens is 3. The monoisotopic (exact) mass is 256 g/mol. The summed E-state index contributed by atoms with van der Waals surface area (Å²) in [4.78, 5) is 11.3. The lowest BCUT2D eigenvalue weighted by Gasteiger charge is -2.10. The first-order chi connectivity index (χ1) is 8.41. The van der Waals surface area contributed by atoms with Crippen molar-refractivity contribution >= 4 is 5.78 Å². The van der Waals surface area contributed by atoms with Crippen LogP contribution in [0.3, 0.4) is 0 Å². The summed E-state index contributed by atoms with van der Waals surface area (Å²) in [6.07, 6.45) is -3.79. The second-order valence-corrected chi connectivity index (χ2v) is 3.50. The molecule has 0 amide bonds. The molecule has 1 heterocycles. The minimum Gasteiger partial charge on any atom is -0.507 e. The largest absolute Gasteiger partial charge is 0.507 e. The molecule has 1 aromatic heterocycles. The topological polar surface area (TPSA) is 50.4 Å². The van der Waals surface area contributed by atoms with E-state index in [-0.39, 0.29) is 11.3 Å². The van der Waals surface area contributed by atoms with Gasteiger partial charge in [-0.15, -0.1) is 0 Å². The molecule has 2 aromatic rings. The number of hydrogen-bond donors (Lipinski definition) is 1. The van der Waals surface area contributed by atoms with Gasteiger partial charge in [0.25, 0.3) is 5.78 Å². The Morgan fingerprint density at radius 2 is 1.89 bits per heavy atom. The first-order valence-corrected chi connectivity index (χ1v) is 4.88. The van der Waals surface area contributed by atoms with Gasteiger partial charge in [0.15, 0.2) is 0 Å². The van der Waals surface area contributed by atoms with Gasteiger partial charge in [-0.1, -0.05) is 12.1 Å². The van der Waals surface area contributed by atoms with E-state index in [2.05, 4.69) is 0 Å². The third kappa shape index (κ3) is 2.09. The summed E-state index contributed by atoms with van der Waals surface area (Å²) < 4.78 is 42.3. The maximum atomic E-state index is 12.4. The van der Waals surface area contributed by atoms with Gasteiger partial charge in [-0.05, 0) is 18.2 Å². The summed E-state index contributed by atoms with van der Waals surface area (Å²) in [5.74, 6) is -2.75. The summed E-state index contributed by atoms with van der Waals surface area (Å²) in [6, 6.07) is 6.51. The first-order valence-electron chi connectivity index (χ1n) is 4.88. The van der Waals surface area contributed by atoms with Gasteiger partial charge >= 0.3 is 6.18 Å². The van der Waals surface area contributed by atoms with Crippen molar-refractivity contribution in [1.29, 1.82) is 0 Å². The van der Waals surface area contributed by atoms with Crippen LogP contribution in [0, 0.1) is 0 Å². The summed E-state index contributed by atoms with van der Waals surface area (Å²) in [6.45, 7) is 0. The van der Waals surface area contributed by atoms with Gasteiger partial charge in [-0.2, -0.15) is 13.2 Å². The van der Waals surface area contributed by atoms with Gasteiger partial charge in [-0.3, -0.25) is 4.79 Å². The maximum absolute atomic E-state index is 12.4. The number of furan rings is 1. The molecule has 6 heteroatoms. The average Bonchev–Trinajstić information content (AvgIpc) is 2.79. The average molecular weight is 256 g/mol. The maximum Gasteiger partial charge on any atom is 0.455 e. The number of Topliss-reactive ketones (excluding diaryl/α,β-unsaturated/α-hetero) is 1. The number of aromatic hydroxyl groups is 1. The molecule has 0 atom stereocenters. The fourth-order valence-electron chi connectivity index (χ4n) is 1.56. The summed E-state index contributed by atoms with van der Waals surface area (Å²) in [5.41, 5.74) is -0.901. The number of rotatable bonds is 2. The second-order valence-electron chi connectivity index (χ2n) is 3.50. The Morgan fingerprint density at radius 1 is 1.17 bits per heavy atom. The third-order valence-corrected chi connectivity index (χ3v) is 2.31. The van der Waals surface area contributed by atoms with Gasteiger partial charge in [0.05, 0.1) is 11.8 Å². The zero-order chi connectivity index (χ0) is 13.3. The fraction of sp³-hybridized carbons (Fsp3) is 0.0833. The fourth-order valence-corrected chi connectivity index (χ4v) is 1.56. The Labute approximate surface area is 99.5 Å². The lowest BCUT2D eigenvalue weighted by atomic mass is 10.00. The van der Waals surface area contributed by atoms with Crippen LogP contribution in [0.1, 0.15) is 10.4 Å². The minimum absolute atomic E-state index is 0.0819. The number of phenolic OH excluding ortho intramolecular Hbond substituents is 1. The van der Waals surface area contributed by atoms with Crippen molar-refractivity contribution in [2.45, 2.75) is 6.18 Å². The molecule has 0 aliphatic rings. The van der Waals surface area contributed by atoms with Gasteiger partial charge in [0.1, 0.15) is 11.5 Å². The molecular weight excluding hydrogens is 249 g/mol. The molecule has 0 fully saturated rings. The van der Waals surface area contributed by atoms with Crippen LogP contribution in [0.5, 0.6) is 5.75 Å². The molecule has 0 spiro atoms. The Balaban J connectivity index is 2.63. The molecule has 3 nitrogen and oxygen atoms in total. The van der Waals surface area contributed by atoms with Gasteiger partial charge < -0.3 is 9.52 Å². The highest BCUT2D eigenvalue weighted by atomic mass is 19.4. The van der Waals surface area contributed by atoms with Crippen LogP contribution in [-0.2, 0) is 0 Å². The zero-order valence-corrected chi connectivity index (χ0v) is 8.86. The van der Waals surface area contributed by atoms with E-state index in [9.17, 15) is 23.1 Å². The van der Waals surface area contributed by atoms with E-state index in [0.717, 1.165) is 6.07 Å². The quantitative estimate of drug-likeness (QED) is 0.838. The smallest absolute Gasteiger partial charge is 0.455 e. The van der Waals surface area contributed by atoms with Crippen LogP contribution in [0.2, 0.25) is 0 Å². The zero-order valence-electron chi connectivity index (χ0n) is 8.86. The number of carbonyl (C=O) groups is 1. The van der Waals surface area contributed by atoms with E-state index >= 15 is 0 Å². The van der Waals surface area contributed by atoms with E-state index < -0.39 is 23.3 Å². The van der Waals surface area contributed by atoms with Crippen LogP contribution >= 0.6 is 0 Å². The van der Waals surface area contributed by atoms with Gasteiger partial charge in [0, 0.05) is 5.56 Å². The van der Waals surface area contributed by atoms with Crippen molar-refractivity contribution in [3.8, 4) is 17.1 Å². The Kier molecular flexibility index (Phi) is 2.86. The number of phenols is 1. The van der Waals surface area contributed by atoms with Crippen LogP contribution < -0.4 is 0 Å². The molecule has 0 bridgehead atoms. The van der Waals surface area contributed by atoms with Crippen LogP contribution in [0.15, 0.2) is 41.0 Å². The second kappa shape index (κ2) is 4.21. The summed E-state index contributed by atoms with van der Waals surface area (Å²) in [5, 5.41) is 9.46. The Morgan fingerprint density at radius 3 is 2.44 bits per heavy atom. The molecule has 18 heavy (non-hydrogen) atoms. The molecule has 0 saturated heterocycles. The number of hydrogen-bond acceptors (Lipinski definition) is 3. The number of alkyl halides is 3. The van der Waals surface area contributed by atoms with Crippen molar-refractivity contribution < 1.29 is 27.5 Å². The molecule has 0 aliphatic heterocycles. The third-order valence-electron chi connectivity index (χ3n) is 2.31. The summed E-state index contributed by atoms with van der Waals surface area (Å²) >= 11 is 0. The van der Waals surface area contributed by atoms with E-state index in [0.29, 0.717) is 0 Å². The van der Waals surface area contributed by atoms with Crippen molar-refractivity contribution in [2.24, 2.45) is 0 Å². The van der Waals surface area contributed by atoms with E-state index in [1.165, 1.54) is 30.5 Å². The van der Waals surface area contributed by atoms with E-state index in [1.807, 2.05) is 0 Å². The van der Waals surface area contributed by atoms with Crippen molar-refractivity contribution in [2.75, 3.05) is 0 Å². The number of benzene rings is 1. The highest BCUT2D eigenvalue weighted by molar-refractivity contribution is 6.07. The molecule has 0 unspecified atom stereocenters. The van der Waals surface area contributed by atoms with Crippen LogP contribution in [0.4, 0.5) is 13.2 Å². The van der Waals surface area contributed by atoms with Crippen molar-refractivity contribution in [3.05, 3.63) is 42.2 Å². The normalized spacial score (nSPS) is 11.5. The molecule has 1 aromatic carbocycles. The lowest BCUT2D eigenvalue weighted by Crippen LogP contribution is -2.23. The Bertz CT molecular complexity index is 571. The molecule has 0 aliphatic carbocycles. The standard InChI is InChI=1S/C12H7F3O3/c13-12(14,15)11(17)10-7(3-1-4-8(10)16)9-5-2-6-18-9/h1-6,16H. The van der Waals surface area contributed by atoms with Gasteiger partial charge in [-0.25, -0.2) is 0 Å². The first kappa shape index (κ1) is 12.2. The highest BCUT2D eigenvalue weighted by Crippen LogP contribution is 2.35. The van der Waals surface area contributed by atoms with E-state index in [4.69, 9.17) is 4.42 Å². The number of carbonyl (C=O) groups excluding carboxylic acids is 1. The lowest BCUT2D eigenvalue weighted by molar-refractivity contribution is -0.0886. The SMILES string of the molecule is O=C(c1c(O)cccc1-c1ccco1)C(F)(F)F. The predicted octanol–water partition coefficient (Wildman–Crippen LogP) is 3.40. The molecule has 0 radical (unpaired) electrons. The summed E-state index contributed by atoms with van der Waals surface area (Å²) in [7, 11) is 0. The minimum atomic E-state index is -5.06. The van der Waals surface area contributed by atoms with Crippen LogP contribution in [0.25, 0.3) is 11.3 Å². The van der Waals surface area contributed by atoms with E-state index in [1.54, 1.807) is 0 Å². The van der Waals surface area contributed by atoms with Gasteiger partial charge in [0.2, 0.25) is 0 Å². The number of ketones is 1. The molecule has 94 valence electrons. The van der Waals surface area contributed by atoms with Crippen LogP contribution in [-0.4, -0.2) is 17.1 Å². The Hall–Kier alpha value is -2.24. The molecule has 0 saturated carbocycles. The molecule has 1 N–H and O–H groups in total. The predicted molar refractivity (Wildman–Crippen MR) is 56.2 cm³/mol. The molecular formula is C12H7F3O3.